The molecule has 3 heterocycles. The third kappa shape index (κ3) is 7.29. The van der Waals surface area contributed by atoms with Crippen LogP contribution in [0.5, 0.6) is 5.88 Å². The minimum absolute atomic E-state index is 0.0698. The molecule has 0 radical (unpaired) electrons. The fourth-order valence-electron chi connectivity index (χ4n) is 5.26. The van der Waals surface area contributed by atoms with E-state index in [1.54, 1.807) is 12.3 Å². The van der Waals surface area contributed by atoms with Gasteiger partial charge in [-0.15, -0.1) is 5.10 Å². The van der Waals surface area contributed by atoms with Crippen LogP contribution in [0, 0.1) is 11.8 Å². The molecule has 2 saturated carbocycles. The molecule has 5 rings (SSSR count). The molecule has 3 aromatic heterocycles. The van der Waals surface area contributed by atoms with Crippen LogP contribution in [0.25, 0.3) is 5.65 Å². The molecular weight excluding hydrogens is 565 g/mol. The van der Waals surface area contributed by atoms with Gasteiger partial charge in [-0.25, -0.2) is 18.3 Å². The lowest BCUT2D eigenvalue weighted by atomic mass is 9.81. The van der Waals surface area contributed by atoms with E-state index < -0.39 is 48.8 Å². The van der Waals surface area contributed by atoms with E-state index >= 15 is 0 Å². The second-order valence-corrected chi connectivity index (χ2v) is 10.9. The Labute approximate surface area is 237 Å². The van der Waals surface area contributed by atoms with E-state index in [1.807, 2.05) is 0 Å². The van der Waals surface area contributed by atoms with Gasteiger partial charge in [0, 0.05) is 25.3 Å². The van der Waals surface area contributed by atoms with Gasteiger partial charge in [-0.3, -0.25) is 9.59 Å². The number of nitrogens with one attached hydrogen (secondary N) is 2. The van der Waals surface area contributed by atoms with Gasteiger partial charge in [0.1, 0.15) is 0 Å². The highest BCUT2D eigenvalue weighted by molar-refractivity contribution is 5.94. The van der Waals surface area contributed by atoms with Crippen molar-refractivity contribution in [2.24, 2.45) is 11.8 Å². The van der Waals surface area contributed by atoms with Crippen LogP contribution >= 0.6 is 0 Å². The monoisotopic (exact) mass is 595 g/mol. The molecule has 15 heteroatoms. The highest BCUT2D eigenvalue weighted by Gasteiger charge is 2.40. The zero-order chi connectivity index (χ0) is 30.1. The van der Waals surface area contributed by atoms with Crippen LogP contribution in [0.2, 0.25) is 0 Å². The fourth-order valence-corrected chi connectivity index (χ4v) is 5.26. The number of amides is 2. The molecule has 2 aliphatic carbocycles. The Bertz CT molecular complexity index is 1430. The molecule has 2 amide bonds. The molecule has 0 saturated heterocycles. The lowest BCUT2D eigenvalue weighted by Crippen LogP contribution is -2.37. The van der Waals surface area contributed by atoms with E-state index in [4.69, 9.17) is 4.74 Å². The van der Waals surface area contributed by atoms with Crippen LogP contribution in [-0.4, -0.2) is 55.8 Å². The number of nitrogens with zero attached hydrogens (tertiary/aromatic N) is 5. The van der Waals surface area contributed by atoms with Gasteiger partial charge >= 0.3 is 6.18 Å². The molecule has 226 valence electrons. The van der Waals surface area contributed by atoms with E-state index in [0.717, 1.165) is 12.8 Å². The molecule has 2 N–H and O–H groups in total. The molecule has 3 aromatic rings. The number of halogens is 5. The number of aromatic nitrogens is 5. The molecular formula is C27H30F5N7O3. The Morgan fingerprint density at radius 2 is 1.79 bits per heavy atom. The second-order valence-electron chi connectivity index (χ2n) is 10.9. The summed E-state index contributed by atoms with van der Waals surface area (Å²) in [4.78, 5) is 30.1. The highest BCUT2D eigenvalue weighted by Crippen LogP contribution is 2.43. The third-order valence-corrected chi connectivity index (χ3v) is 7.71. The number of rotatable bonds is 10. The van der Waals surface area contributed by atoms with E-state index in [9.17, 15) is 31.5 Å². The minimum atomic E-state index is -4.43. The quantitative estimate of drug-likeness (QED) is 0.325. The number of hydrogen-bond acceptors (Lipinski definition) is 7. The molecule has 0 aliphatic heterocycles. The summed E-state index contributed by atoms with van der Waals surface area (Å²) in [6.45, 7) is 0. The molecule has 10 nitrogen and oxygen atoms in total. The summed E-state index contributed by atoms with van der Waals surface area (Å²) in [6.07, 6.45) is -0.604. The topological polar surface area (TPSA) is 123 Å². The van der Waals surface area contributed by atoms with Crippen molar-refractivity contribution in [1.82, 2.24) is 35.4 Å². The van der Waals surface area contributed by atoms with Gasteiger partial charge in [0.15, 0.2) is 5.65 Å². The molecule has 0 spiro atoms. The zero-order valence-electron chi connectivity index (χ0n) is 22.7. The number of imidazole rings is 1. The van der Waals surface area contributed by atoms with Crippen molar-refractivity contribution in [3.8, 4) is 5.88 Å². The molecule has 1 unspecified atom stereocenters. The molecule has 42 heavy (non-hydrogen) atoms. The van der Waals surface area contributed by atoms with Crippen molar-refractivity contribution in [2.45, 2.75) is 75.5 Å². The predicted octanol–water partition coefficient (Wildman–Crippen LogP) is 4.73. The first kappa shape index (κ1) is 29.6. The summed E-state index contributed by atoms with van der Waals surface area (Å²) in [6, 6.07) is 1.86. The zero-order valence-corrected chi connectivity index (χ0v) is 22.7. The number of ether oxygens (including phenoxy) is 1. The Morgan fingerprint density at radius 3 is 2.45 bits per heavy atom. The summed E-state index contributed by atoms with van der Waals surface area (Å²) in [5.41, 5.74) is 1.56. The van der Waals surface area contributed by atoms with Crippen molar-refractivity contribution in [3.63, 3.8) is 0 Å². The van der Waals surface area contributed by atoms with Gasteiger partial charge in [-0.1, -0.05) is 0 Å². The van der Waals surface area contributed by atoms with Crippen molar-refractivity contribution in [1.29, 1.82) is 0 Å². The van der Waals surface area contributed by atoms with Gasteiger partial charge in [0.25, 0.3) is 5.91 Å². The minimum Gasteiger partial charge on any atom is -0.480 e. The van der Waals surface area contributed by atoms with E-state index in [2.05, 4.69) is 30.9 Å². The molecule has 2 atom stereocenters. The van der Waals surface area contributed by atoms with Crippen LogP contribution in [0.1, 0.15) is 85.1 Å². The normalized spacial score (nSPS) is 18.8. The van der Waals surface area contributed by atoms with Crippen molar-refractivity contribution < 1.29 is 36.3 Å². The number of methoxy groups -OCH3 is 1. The lowest BCUT2D eigenvalue weighted by Gasteiger charge is -2.33. The number of carbonyl (C=O) groups is 2. The maximum atomic E-state index is 14.0. The smallest absolute Gasteiger partial charge is 0.389 e. The van der Waals surface area contributed by atoms with Gasteiger partial charge in [-0.2, -0.15) is 23.4 Å². The number of carbonyl (C=O) groups excluding carboxylic acids is 2. The van der Waals surface area contributed by atoms with Crippen molar-refractivity contribution in [3.05, 3.63) is 47.5 Å². The SMILES string of the molecule is COc1cc(C(=O)N[C@H](c2cn3ncc(C(NC(=O)CCC(F)(F)F)C4CC4)cc3n2)C2CCC(F)(F)CC2)cnn1. The first-order valence-corrected chi connectivity index (χ1v) is 13.7. The van der Waals surface area contributed by atoms with Gasteiger partial charge in [0.05, 0.1) is 55.5 Å². The predicted molar refractivity (Wildman–Crippen MR) is 138 cm³/mol. The summed E-state index contributed by atoms with van der Waals surface area (Å²) in [5, 5.41) is 17.5. The Hall–Kier alpha value is -3.91. The third-order valence-electron chi connectivity index (χ3n) is 7.71. The van der Waals surface area contributed by atoms with E-state index in [-0.39, 0.29) is 49.0 Å². The van der Waals surface area contributed by atoms with E-state index in [0.29, 0.717) is 16.9 Å². The van der Waals surface area contributed by atoms with Crippen LogP contribution in [0.4, 0.5) is 22.0 Å². The van der Waals surface area contributed by atoms with Gasteiger partial charge < -0.3 is 15.4 Å². The maximum Gasteiger partial charge on any atom is 0.389 e. The first-order valence-electron chi connectivity index (χ1n) is 13.7. The summed E-state index contributed by atoms with van der Waals surface area (Å²) in [5.74, 6) is -4.11. The number of hydrogen-bond donors (Lipinski definition) is 2. The van der Waals surface area contributed by atoms with Crippen LogP contribution in [0.3, 0.4) is 0 Å². The highest BCUT2D eigenvalue weighted by atomic mass is 19.4. The number of fused-ring (bicyclic) bond motifs is 1. The average molecular weight is 596 g/mol. The van der Waals surface area contributed by atoms with E-state index in [1.165, 1.54) is 30.1 Å². The Morgan fingerprint density at radius 1 is 1.07 bits per heavy atom. The molecule has 2 aliphatic rings. The van der Waals surface area contributed by atoms with Crippen molar-refractivity contribution >= 4 is 17.5 Å². The average Bonchev–Trinajstić information content (AvgIpc) is 3.71. The Balaban J connectivity index is 1.40. The molecule has 2 fully saturated rings. The fraction of sp³-hybridized carbons (Fsp3) is 0.556. The second kappa shape index (κ2) is 11.8. The van der Waals surface area contributed by atoms with Crippen LogP contribution in [0.15, 0.2) is 30.7 Å². The number of alkyl halides is 5. The standard InChI is InChI=1S/C27H30F5N7O3/c1-42-22-11-18(12-33-38-22)25(41)37-24(16-4-7-26(28,29)8-5-16)19-14-39-20(35-19)10-17(13-34-39)23(15-2-3-15)36-21(40)6-9-27(30,31)32/h10-16,23-24H,2-9H2,1H3,(H,36,40)(H,37,41)/t23?,24-/m0/s1. The van der Waals surface area contributed by atoms with Gasteiger partial charge in [0.2, 0.25) is 17.7 Å². The molecule has 0 aromatic carbocycles. The van der Waals surface area contributed by atoms with Gasteiger partial charge in [-0.05, 0) is 49.1 Å². The molecule has 0 bridgehead atoms. The van der Waals surface area contributed by atoms with Crippen LogP contribution < -0.4 is 15.4 Å². The maximum absolute atomic E-state index is 14.0. The lowest BCUT2D eigenvalue weighted by molar-refractivity contribution is -0.144. The summed E-state index contributed by atoms with van der Waals surface area (Å²) in [7, 11) is 1.39. The Kier molecular flexibility index (Phi) is 8.28. The van der Waals surface area contributed by atoms with Crippen molar-refractivity contribution in [2.75, 3.05) is 7.11 Å². The first-order chi connectivity index (χ1) is 19.9. The van der Waals surface area contributed by atoms with Crippen LogP contribution in [-0.2, 0) is 4.79 Å². The summed E-state index contributed by atoms with van der Waals surface area (Å²) >= 11 is 0. The largest absolute Gasteiger partial charge is 0.480 e. The summed E-state index contributed by atoms with van der Waals surface area (Å²) < 4.78 is 72.3.